The number of carbonyl (C=O) groups excluding carboxylic acids is 1. The first-order valence-corrected chi connectivity index (χ1v) is 16.3. The van der Waals surface area contributed by atoms with Crippen LogP contribution in [0.3, 0.4) is 0 Å². The number of hydrogen-bond acceptors (Lipinski definition) is 7. The van der Waals surface area contributed by atoms with Gasteiger partial charge in [-0.25, -0.2) is 9.79 Å². The molecule has 0 N–H and O–H groups in total. The molecule has 7 rings (SSSR count). The maximum absolute atomic E-state index is 14.7. The van der Waals surface area contributed by atoms with Crippen LogP contribution in [0.4, 0.5) is 0 Å². The van der Waals surface area contributed by atoms with Crippen molar-refractivity contribution in [2.45, 2.75) is 19.9 Å². The van der Waals surface area contributed by atoms with Gasteiger partial charge in [0.15, 0.2) is 4.80 Å². The summed E-state index contributed by atoms with van der Waals surface area (Å²) >= 11 is 1.28. The standard InChI is InChI=1S/C39H32N2O5S/c1-4-45-30-21-19-24-13-9-11-17-27(24)29(30)23-32-37(42)41-36(33-28-18-12-10-14-25(28)20-22-31(33)44-3)34(38(43)46-5-2)35(40-39(41)47-32)26-15-7-6-8-16-26/h6-23,36H,4-5H2,1-3H3/b32-23-/t36-/m1/s1. The van der Waals surface area contributed by atoms with Crippen molar-refractivity contribution in [2.24, 2.45) is 4.99 Å². The van der Waals surface area contributed by atoms with Crippen molar-refractivity contribution in [1.29, 1.82) is 0 Å². The Kier molecular flexibility index (Phi) is 8.18. The molecule has 0 amide bonds. The third kappa shape index (κ3) is 5.30. The van der Waals surface area contributed by atoms with Gasteiger partial charge in [-0.2, -0.15) is 0 Å². The van der Waals surface area contributed by atoms with E-state index < -0.39 is 12.0 Å². The summed E-state index contributed by atoms with van der Waals surface area (Å²) in [5.74, 6) is 0.686. The van der Waals surface area contributed by atoms with Gasteiger partial charge in [-0.3, -0.25) is 9.36 Å². The number of nitrogens with zero attached hydrogens (tertiary/aromatic N) is 2. The Morgan fingerprint density at radius 2 is 1.49 bits per heavy atom. The summed E-state index contributed by atoms with van der Waals surface area (Å²) in [6.07, 6.45) is 1.88. The molecule has 6 aromatic rings. The quantitative estimate of drug-likeness (QED) is 0.174. The van der Waals surface area contributed by atoms with Crippen molar-refractivity contribution >= 4 is 50.6 Å². The van der Waals surface area contributed by atoms with Crippen molar-refractivity contribution in [2.75, 3.05) is 20.3 Å². The minimum Gasteiger partial charge on any atom is -0.496 e. The molecule has 0 aliphatic carbocycles. The lowest BCUT2D eigenvalue weighted by molar-refractivity contribution is -0.138. The minimum atomic E-state index is -0.886. The van der Waals surface area contributed by atoms with E-state index in [1.54, 1.807) is 18.6 Å². The topological polar surface area (TPSA) is 79.1 Å². The number of esters is 1. The third-order valence-electron chi connectivity index (χ3n) is 8.30. The lowest BCUT2D eigenvalue weighted by Gasteiger charge is -2.28. The molecular weight excluding hydrogens is 609 g/mol. The van der Waals surface area contributed by atoms with Gasteiger partial charge in [0.1, 0.15) is 17.5 Å². The number of hydrogen-bond donors (Lipinski definition) is 0. The van der Waals surface area contributed by atoms with Crippen LogP contribution in [0, 0.1) is 0 Å². The van der Waals surface area contributed by atoms with Gasteiger partial charge in [-0.05, 0) is 53.6 Å². The molecule has 1 aliphatic rings. The fraction of sp³-hybridized carbons (Fsp3) is 0.154. The molecule has 2 heterocycles. The average Bonchev–Trinajstić information content (AvgIpc) is 3.42. The van der Waals surface area contributed by atoms with Gasteiger partial charge in [0.05, 0.1) is 36.1 Å². The van der Waals surface area contributed by atoms with Crippen LogP contribution in [0.1, 0.15) is 36.6 Å². The zero-order chi connectivity index (χ0) is 32.5. The fourth-order valence-electron chi connectivity index (χ4n) is 6.29. The molecule has 0 spiro atoms. The van der Waals surface area contributed by atoms with Crippen molar-refractivity contribution < 1.29 is 19.0 Å². The molecule has 0 saturated heterocycles. The van der Waals surface area contributed by atoms with Gasteiger partial charge in [-0.15, -0.1) is 0 Å². The average molecular weight is 641 g/mol. The van der Waals surface area contributed by atoms with Crippen LogP contribution in [0.5, 0.6) is 11.5 Å². The predicted octanol–water partition coefficient (Wildman–Crippen LogP) is 6.65. The lowest BCUT2D eigenvalue weighted by Crippen LogP contribution is -2.40. The molecule has 0 unspecified atom stereocenters. The van der Waals surface area contributed by atoms with Crippen LogP contribution in [0.2, 0.25) is 0 Å². The largest absolute Gasteiger partial charge is 0.496 e. The van der Waals surface area contributed by atoms with Crippen LogP contribution in [-0.2, 0) is 9.53 Å². The number of fused-ring (bicyclic) bond motifs is 3. The summed E-state index contributed by atoms with van der Waals surface area (Å²) < 4.78 is 19.7. The number of methoxy groups -OCH3 is 1. The SMILES string of the molecule is CCOC(=O)C1=C(c2ccccc2)N=c2s/c(=C\c3c(OCC)ccc4ccccc34)c(=O)n2[C@@H]1c1c(OC)ccc2ccccc12. The smallest absolute Gasteiger partial charge is 0.338 e. The number of rotatable bonds is 8. The summed E-state index contributed by atoms with van der Waals surface area (Å²) in [7, 11) is 1.60. The molecule has 7 nitrogen and oxygen atoms in total. The predicted molar refractivity (Wildman–Crippen MR) is 187 cm³/mol. The molecule has 1 aliphatic heterocycles. The van der Waals surface area contributed by atoms with Crippen molar-refractivity contribution in [1.82, 2.24) is 4.57 Å². The van der Waals surface area contributed by atoms with Crippen LogP contribution in [0.25, 0.3) is 33.3 Å². The van der Waals surface area contributed by atoms with E-state index in [9.17, 15) is 9.59 Å². The number of thiazole rings is 1. The van der Waals surface area contributed by atoms with Crippen LogP contribution in [-0.4, -0.2) is 30.9 Å². The number of aromatic nitrogens is 1. The van der Waals surface area contributed by atoms with Crippen LogP contribution >= 0.6 is 11.3 Å². The molecule has 1 aromatic heterocycles. The Morgan fingerprint density at radius 1 is 0.830 bits per heavy atom. The highest BCUT2D eigenvalue weighted by Gasteiger charge is 2.37. The Bertz CT molecular complexity index is 2370. The fourth-order valence-corrected chi connectivity index (χ4v) is 7.27. The summed E-state index contributed by atoms with van der Waals surface area (Å²) in [6.45, 7) is 4.34. The van der Waals surface area contributed by atoms with E-state index in [4.69, 9.17) is 19.2 Å². The van der Waals surface area contributed by atoms with E-state index in [-0.39, 0.29) is 17.7 Å². The zero-order valence-electron chi connectivity index (χ0n) is 26.2. The molecule has 0 saturated carbocycles. The van der Waals surface area contributed by atoms with Gasteiger partial charge in [0, 0.05) is 16.7 Å². The van der Waals surface area contributed by atoms with Crippen molar-refractivity contribution in [3.63, 3.8) is 0 Å². The molecule has 0 bridgehead atoms. The first-order valence-electron chi connectivity index (χ1n) is 15.5. The summed E-state index contributed by atoms with van der Waals surface area (Å²) in [6, 6.07) is 32.4. The molecule has 8 heteroatoms. The van der Waals surface area contributed by atoms with E-state index in [2.05, 4.69) is 0 Å². The molecule has 47 heavy (non-hydrogen) atoms. The lowest BCUT2D eigenvalue weighted by atomic mass is 9.89. The summed E-state index contributed by atoms with van der Waals surface area (Å²) in [5.41, 5.74) is 2.68. The Balaban J connectivity index is 1.61. The molecule has 0 fully saturated rings. The Morgan fingerprint density at radius 3 is 2.19 bits per heavy atom. The number of benzene rings is 5. The second kappa shape index (κ2) is 12.7. The second-order valence-electron chi connectivity index (χ2n) is 11.0. The van der Waals surface area contributed by atoms with E-state index in [0.29, 0.717) is 38.7 Å². The van der Waals surface area contributed by atoms with Gasteiger partial charge in [0.25, 0.3) is 5.56 Å². The highest BCUT2D eigenvalue weighted by atomic mass is 32.1. The van der Waals surface area contributed by atoms with Crippen LogP contribution < -0.4 is 24.4 Å². The molecule has 5 aromatic carbocycles. The number of carbonyl (C=O) groups is 1. The van der Waals surface area contributed by atoms with Crippen LogP contribution in [0.15, 0.2) is 118 Å². The van der Waals surface area contributed by atoms with Crippen molar-refractivity contribution in [3.05, 3.63) is 145 Å². The maximum atomic E-state index is 14.7. The molecule has 0 radical (unpaired) electrons. The molecule has 1 atom stereocenters. The Hall–Kier alpha value is -5.47. The minimum absolute atomic E-state index is 0.162. The van der Waals surface area contributed by atoms with Gasteiger partial charge in [0.2, 0.25) is 0 Å². The normalized spacial score (nSPS) is 14.6. The first-order chi connectivity index (χ1) is 23.0. The summed E-state index contributed by atoms with van der Waals surface area (Å²) in [4.78, 5) is 34.3. The summed E-state index contributed by atoms with van der Waals surface area (Å²) in [5, 5.41) is 3.80. The first kappa shape index (κ1) is 30.2. The molecule has 234 valence electrons. The van der Waals surface area contributed by atoms with Crippen molar-refractivity contribution in [3.8, 4) is 11.5 Å². The Labute approximate surface area is 275 Å². The third-order valence-corrected chi connectivity index (χ3v) is 9.29. The van der Waals surface area contributed by atoms with E-state index >= 15 is 0 Å². The van der Waals surface area contributed by atoms with E-state index in [1.807, 2.05) is 116 Å². The van der Waals surface area contributed by atoms with E-state index in [1.165, 1.54) is 11.3 Å². The zero-order valence-corrected chi connectivity index (χ0v) is 27.0. The van der Waals surface area contributed by atoms with Gasteiger partial charge >= 0.3 is 5.97 Å². The maximum Gasteiger partial charge on any atom is 0.338 e. The molecular formula is C39H32N2O5S. The second-order valence-corrected chi connectivity index (χ2v) is 12.0. The van der Waals surface area contributed by atoms with Gasteiger partial charge < -0.3 is 14.2 Å². The highest BCUT2D eigenvalue weighted by molar-refractivity contribution is 7.07. The highest BCUT2D eigenvalue weighted by Crippen LogP contribution is 2.42. The monoisotopic (exact) mass is 640 g/mol. The van der Waals surface area contributed by atoms with Gasteiger partial charge in [-0.1, -0.05) is 102 Å². The van der Waals surface area contributed by atoms with E-state index in [0.717, 1.165) is 32.7 Å². The number of ether oxygens (including phenoxy) is 3.